The van der Waals surface area contributed by atoms with Gasteiger partial charge in [-0.2, -0.15) is 0 Å². The van der Waals surface area contributed by atoms with E-state index in [4.69, 9.17) is 21.1 Å². The Hall–Kier alpha value is -3.26. The number of halogens is 1. The summed E-state index contributed by atoms with van der Waals surface area (Å²) in [6, 6.07) is 11.2. The summed E-state index contributed by atoms with van der Waals surface area (Å²) in [5.41, 5.74) is 0.827. The second-order valence-corrected chi connectivity index (χ2v) is 5.67. The Kier molecular flexibility index (Phi) is 7.01. The number of hydrogen-bond acceptors (Lipinski definition) is 5. The number of nitrogens with one attached hydrogen (secondary N) is 3. The molecule has 0 unspecified atom stereocenters. The molecule has 0 saturated carbocycles. The molecule has 0 bridgehead atoms. The Morgan fingerprint density at radius 1 is 0.926 bits per heavy atom. The lowest BCUT2D eigenvalue weighted by Crippen LogP contribution is -2.39. The van der Waals surface area contributed by atoms with E-state index >= 15 is 0 Å². The van der Waals surface area contributed by atoms with Crippen molar-refractivity contribution in [3.8, 4) is 11.5 Å². The maximum absolute atomic E-state index is 11.9. The largest absolute Gasteiger partial charge is 0.497 e. The number of anilines is 2. The standard InChI is InChI=1S/C18H18ClN3O5/c1-26-13-5-3-4-11(8-13)22-18(25)17(24)20-10-16(23)21-12-6-7-15(27-2)14(19)9-12/h3-9H,10H2,1-2H3,(H,20,24)(H,21,23)(H,22,25). The van der Waals surface area contributed by atoms with Crippen molar-refractivity contribution < 1.29 is 23.9 Å². The molecule has 0 aliphatic carbocycles. The molecule has 0 spiro atoms. The molecule has 0 fully saturated rings. The normalized spacial score (nSPS) is 9.89. The molecule has 0 atom stereocenters. The fraction of sp³-hybridized carbons (Fsp3) is 0.167. The van der Waals surface area contributed by atoms with Crippen LogP contribution in [0.2, 0.25) is 5.02 Å². The topological polar surface area (TPSA) is 106 Å². The van der Waals surface area contributed by atoms with Gasteiger partial charge in [-0.05, 0) is 30.3 Å². The van der Waals surface area contributed by atoms with E-state index in [-0.39, 0.29) is 6.54 Å². The van der Waals surface area contributed by atoms with E-state index in [1.54, 1.807) is 36.4 Å². The number of carbonyl (C=O) groups excluding carboxylic acids is 3. The van der Waals surface area contributed by atoms with Gasteiger partial charge < -0.3 is 25.4 Å². The van der Waals surface area contributed by atoms with Crippen molar-refractivity contribution in [3.63, 3.8) is 0 Å². The minimum absolute atomic E-state index is 0.331. The quantitative estimate of drug-likeness (QED) is 0.653. The summed E-state index contributed by atoms with van der Waals surface area (Å²) in [4.78, 5) is 35.6. The van der Waals surface area contributed by atoms with Crippen LogP contribution in [0.1, 0.15) is 0 Å². The van der Waals surface area contributed by atoms with Gasteiger partial charge >= 0.3 is 11.8 Å². The van der Waals surface area contributed by atoms with Crippen LogP contribution in [0, 0.1) is 0 Å². The van der Waals surface area contributed by atoms with E-state index in [0.29, 0.717) is 27.9 Å². The molecule has 3 amide bonds. The highest BCUT2D eigenvalue weighted by Crippen LogP contribution is 2.27. The molecule has 0 aliphatic rings. The SMILES string of the molecule is COc1cccc(NC(=O)C(=O)NCC(=O)Nc2ccc(OC)c(Cl)c2)c1. The van der Waals surface area contributed by atoms with Crippen molar-refractivity contribution in [2.45, 2.75) is 0 Å². The van der Waals surface area contributed by atoms with E-state index in [1.165, 1.54) is 20.3 Å². The number of carbonyl (C=O) groups is 3. The smallest absolute Gasteiger partial charge is 0.313 e. The third-order valence-electron chi connectivity index (χ3n) is 3.38. The summed E-state index contributed by atoms with van der Waals surface area (Å²) in [6.45, 7) is -0.381. The first-order valence-corrected chi connectivity index (χ1v) is 8.17. The predicted molar refractivity (Wildman–Crippen MR) is 101 cm³/mol. The second kappa shape index (κ2) is 9.44. The van der Waals surface area contributed by atoms with Gasteiger partial charge in [0.1, 0.15) is 11.5 Å². The Morgan fingerprint density at radius 2 is 1.67 bits per heavy atom. The first-order valence-electron chi connectivity index (χ1n) is 7.79. The van der Waals surface area contributed by atoms with Crippen LogP contribution >= 0.6 is 11.6 Å². The molecule has 2 aromatic carbocycles. The first kappa shape index (κ1) is 20.1. The average molecular weight is 392 g/mol. The summed E-state index contributed by atoms with van der Waals surface area (Å²) in [5.74, 6) is -1.36. The zero-order chi connectivity index (χ0) is 19.8. The molecule has 8 nitrogen and oxygen atoms in total. The number of ether oxygens (including phenoxy) is 2. The third kappa shape index (κ3) is 5.89. The third-order valence-corrected chi connectivity index (χ3v) is 3.67. The van der Waals surface area contributed by atoms with Crippen LogP contribution in [0.3, 0.4) is 0 Å². The van der Waals surface area contributed by atoms with Crippen LogP contribution in [0.25, 0.3) is 0 Å². The summed E-state index contributed by atoms with van der Waals surface area (Å²) >= 11 is 5.97. The van der Waals surface area contributed by atoms with Crippen LogP contribution in [-0.4, -0.2) is 38.5 Å². The second-order valence-electron chi connectivity index (χ2n) is 5.27. The van der Waals surface area contributed by atoms with Gasteiger partial charge in [-0.3, -0.25) is 14.4 Å². The maximum Gasteiger partial charge on any atom is 0.313 e. The highest BCUT2D eigenvalue weighted by atomic mass is 35.5. The minimum atomic E-state index is -0.944. The lowest BCUT2D eigenvalue weighted by molar-refractivity contribution is -0.136. The van der Waals surface area contributed by atoms with Gasteiger partial charge in [-0.1, -0.05) is 17.7 Å². The maximum atomic E-state index is 11.9. The monoisotopic (exact) mass is 391 g/mol. The van der Waals surface area contributed by atoms with Crippen molar-refractivity contribution in [2.75, 3.05) is 31.4 Å². The van der Waals surface area contributed by atoms with Crippen molar-refractivity contribution in [1.82, 2.24) is 5.32 Å². The first-order chi connectivity index (χ1) is 12.9. The molecule has 0 saturated heterocycles. The van der Waals surface area contributed by atoms with Crippen molar-refractivity contribution in [1.29, 1.82) is 0 Å². The van der Waals surface area contributed by atoms with Crippen molar-refractivity contribution in [2.24, 2.45) is 0 Å². The molecule has 0 heterocycles. The predicted octanol–water partition coefficient (Wildman–Crippen LogP) is 2.05. The highest BCUT2D eigenvalue weighted by Gasteiger charge is 2.15. The van der Waals surface area contributed by atoms with Crippen LogP contribution < -0.4 is 25.4 Å². The summed E-state index contributed by atoms with van der Waals surface area (Å²) < 4.78 is 10.1. The average Bonchev–Trinajstić information content (AvgIpc) is 2.66. The van der Waals surface area contributed by atoms with Crippen molar-refractivity contribution >= 4 is 40.7 Å². The van der Waals surface area contributed by atoms with Gasteiger partial charge in [0.25, 0.3) is 0 Å². The van der Waals surface area contributed by atoms with E-state index in [1.807, 2.05) is 0 Å². The van der Waals surface area contributed by atoms with Gasteiger partial charge in [-0.25, -0.2) is 0 Å². The van der Waals surface area contributed by atoms with Crippen LogP contribution in [-0.2, 0) is 14.4 Å². The van der Waals surface area contributed by atoms with E-state index in [0.717, 1.165) is 0 Å². The lowest BCUT2D eigenvalue weighted by atomic mass is 10.3. The van der Waals surface area contributed by atoms with E-state index < -0.39 is 17.7 Å². The fourth-order valence-corrected chi connectivity index (χ4v) is 2.34. The van der Waals surface area contributed by atoms with E-state index in [2.05, 4.69) is 16.0 Å². The molecule has 142 valence electrons. The molecular weight excluding hydrogens is 374 g/mol. The number of amides is 3. The Labute approximate surface area is 160 Å². The van der Waals surface area contributed by atoms with Gasteiger partial charge in [0, 0.05) is 17.4 Å². The highest BCUT2D eigenvalue weighted by molar-refractivity contribution is 6.40. The Balaban J connectivity index is 1.84. The minimum Gasteiger partial charge on any atom is -0.497 e. The van der Waals surface area contributed by atoms with Gasteiger partial charge in [-0.15, -0.1) is 0 Å². The summed E-state index contributed by atoms with van der Waals surface area (Å²) in [5, 5.41) is 7.53. The molecule has 0 aliphatic heterocycles. The zero-order valence-corrected chi connectivity index (χ0v) is 15.4. The molecule has 9 heteroatoms. The van der Waals surface area contributed by atoms with Gasteiger partial charge in [0.2, 0.25) is 5.91 Å². The lowest BCUT2D eigenvalue weighted by Gasteiger charge is -2.09. The molecule has 0 aromatic heterocycles. The van der Waals surface area contributed by atoms with Crippen LogP contribution in [0.15, 0.2) is 42.5 Å². The van der Waals surface area contributed by atoms with E-state index in [9.17, 15) is 14.4 Å². The number of methoxy groups -OCH3 is 2. The molecule has 0 radical (unpaired) electrons. The van der Waals surface area contributed by atoms with Crippen LogP contribution in [0.5, 0.6) is 11.5 Å². The number of benzene rings is 2. The molecule has 3 N–H and O–H groups in total. The van der Waals surface area contributed by atoms with Gasteiger partial charge in [0.15, 0.2) is 0 Å². The fourth-order valence-electron chi connectivity index (χ4n) is 2.08. The number of rotatable bonds is 6. The molecule has 2 aromatic rings. The molecular formula is C18H18ClN3O5. The summed E-state index contributed by atoms with van der Waals surface area (Å²) in [7, 11) is 2.97. The summed E-state index contributed by atoms with van der Waals surface area (Å²) in [6.07, 6.45) is 0. The molecule has 2 rings (SSSR count). The zero-order valence-electron chi connectivity index (χ0n) is 14.7. The van der Waals surface area contributed by atoms with Crippen molar-refractivity contribution in [3.05, 3.63) is 47.5 Å². The van der Waals surface area contributed by atoms with Crippen LogP contribution in [0.4, 0.5) is 11.4 Å². The Bertz CT molecular complexity index is 857. The van der Waals surface area contributed by atoms with Gasteiger partial charge in [0.05, 0.1) is 25.8 Å². The Morgan fingerprint density at radius 3 is 2.33 bits per heavy atom. The molecule has 27 heavy (non-hydrogen) atoms. The number of hydrogen-bond donors (Lipinski definition) is 3.